The molecule has 0 atom stereocenters. The Bertz CT molecular complexity index is 570. The monoisotopic (exact) mass is 243 g/mol. The molecule has 0 saturated carbocycles. The summed E-state index contributed by atoms with van der Waals surface area (Å²) in [6.07, 6.45) is 3.38. The molecule has 0 aliphatic carbocycles. The minimum absolute atomic E-state index is 0.230. The number of hydrogen-bond acceptors (Lipinski definition) is 4. The molecule has 0 saturated heterocycles. The number of aromatic nitrogens is 2. The molecular formula is C13H13N3O2. The Morgan fingerprint density at radius 3 is 2.78 bits per heavy atom. The minimum atomic E-state index is -0.957. The van der Waals surface area contributed by atoms with Gasteiger partial charge in [-0.05, 0) is 31.2 Å². The number of aryl methyl sites for hydroxylation is 1. The smallest absolute Gasteiger partial charge is 0.335 e. The third kappa shape index (κ3) is 2.45. The lowest BCUT2D eigenvalue weighted by Crippen LogP contribution is -2.13. The van der Waals surface area contributed by atoms with Gasteiger partial charge in [0, 0.05) is 18.9 Å². The fraction of sp³-hybridized carbons (Fsp3) is 0.154. The van der Waals surface area contributed by atoms with Gasteiger partial charge in [0.1, 0.15) is 5.82 Å². The molecule has 0 unspecified atom stereocenters. The number of hydrogen-bond donors (Lipinski definition) is 1. The third-order valence-corrected chi connectivity index (χ3v) is 2.56. The lowest BCUT2D eigenvalue weighted by atomic mass is 10.2. The molecule has 0 amide bonds. The van der Waals surface area contributed by atoms with Crippen molar-refractivity contribution in [1.82, 2.24) is 9.97 Å². The van der Waals surface area contributed by atoms with Crippen molar-refractivity contribution in [2.24, 2.45) is 0 Å². The van der Waals surface area contributed by atoms with E-state index in [1.165, 1.54) is 0 Å². The van der Waals surface area contributed by atoms with E-state index in [4.69, 9.17) is 5.11 Å². The molecule has 0 spiro atoms. The fourth-order valence-electron chi connectivity index (χ4n) is 1.63. The van der Waals surface area contributed by atoms with Crippen LogP contribution in [0.25, 0.3) is 0 Å². The van der Waals surface area contributed by atoms with E-state index in [-0.39, 0.29) is 5.56 Å². The van der Waals surface area contributed by atoms with Crippen LogP contribution in [0, 0.1) is 6.92 Å². The van der Waals surface area contributed by atoms with Crippen LogP contribution >= 0.6 is 0 Å². The van der Waals surface area contributed by atoms with Crippen LogP contribution in [0.4, 0.5) is 11.5 Å². The van der Waals surface area contributed by atoms with Gasteiger partial charge in [-0.1, -0.05) is 0 Å². The molecule has 0 aliphatic rings. The van der Waals surface area contributed by atoms with Gasteiger partial charge in [0.05, 0.1) is 17.4 Å². The zero-order valence-electron chi connectivity index (χ0n) is 10.2. The molecule has 18 heavy (non-hydrogen) atoms. The normalized spacial score (nSPS) is 10.1. The van der Waals surface area contributed by atoms with Crippen LogP contribution < -0.4 is 4.90 Å². The van der Waals surface area contributed by atoms with Gasteiger partial charge in [-0.25, -0.2) is 9.78 Å². The van der Waals surface area contributed by atoms with Gasteiger partial charge >= 0.3 is 5.97 Å². The summed E-state index contributed by atoms with van der Waals surface area (Å²) < 4.78 is 0. The van der Waals surface area contributed by atoms with Crippen molar-refractivity contribution in [2.75, 3.05) is 11.9 Å². The van der Waals surface area contributed by atoms with Crippen molar-refractivity contribution >= 4 is 17.5 Å². The summed E-state index contributed by atoms with van der Waals surface area (Å²) in [4.78, 5) is 21.2. The topological polar surface area (TPSA) is 66.3 Å². The van der Waals surface area contributed by atoms with Crippen LogP contribution in [0.5, 0.6) is 0 Å². The molecule has 0 bridgehead atoms. The van der Waals surface area contributed by atoms with E-state index >= 15 is 0 Å². The molecule has 92 valence electrons. The first-order chi connectivity index (χ1) is 8.58. The second-order valence-corrected chi connectivity index (χ2v) is 3.93. The maximum absolute atomic E-state index is 11.0. The lowest BCUT2D eigenvalue weighted by molar-refractivity contribution is 0.0696. The third-order valence-electron chi connectivity index (χ3n) is 2.56. The van der Waals surface area contributed by atoms with E-state index in [2.05, 4.69) is 9.97 Å². The van der Waals surface area contributed by atoms with Crippen LogP contribution in [0.1, 0.15) is 16.1 Å². The second-order valence-electron chi connectivity index (χ2n) is 3.93. The Balaban J connectivity index is 2.42. The number of carboxylic acids is 1. The molecule has 2 aromatic rings. The predicted octanol–water partition coefficient (Wildman–Crippen LogP) is 2.25. The molecule has 0 aromatic carbocycles. The highest BCUT2D eigenvalue weighted by atomic mass is 16.4. The quantitative estimate of drug-likeness (QED) is 0.895. The molecule has 0 fully saturated rings. The van der Waals surface area contributed by atoms with Crippen molar-refractivity contribution in [3.8, 4) is 0 Å². The minimum Gasteiger partial charge on any atom is -0.478 e. The number of pyridine rings is 2. The summed E-state index contributed by atoms with van der Waals surface area (Å²) in [6, 6.07) is 6.79. The number of carboxylic acid groups (broad SMARTS) is 1. The summed E-state index contributed by atoms with van der Waals surface area (Å²) in [5, 5.41) is 9.03. The molecule has 2 aromatic heterocycles. The molecule has 2 heterocycles. The van der Waals surface area contributed by atoms with E-state index in [1.807, 2.05) is 19.2 Å². The van der Waals surface area contributed by atoms with E-state index in [1.54, 1.807) is 36.4 Å². The van der Waals surface area contributed by atoms with Crippen LogP contribution in [-0.2, 0) is 0 Å². The van der Waals surface area contributed by atoms with Gasteiger partial charge in [0.2, 0.25) is 0 Å². The van der Waals surface area contributed by atoms with Crippen LogP contribution in [0.2, 0.25) is 0 Å². The zero-order valence-corrected chi connectivity index (χ0v) is 10.2. The maximum Gasteiger partial charge on any atom is 0.335 e. The Morgan fingerprint density at radius 2 is 2.17 bits per heavy atom. The Kier molecular flexibility index (Phi) is 3.23. The highest BCUT2D eigenvalue weighted by Crippen LogP contribution is 2.21. The van der Waals surface area contributed by atoms with E-state index in [0.29, 0.717) is 11.5 Å². The van der Waals surface area contributed by atoms with Crippen LogP contribution in [0.15, 0.2) is 36.7 Å². The summed E-state index contributed by atoms with van der Waals surface area (Å²) in [5.41, 5.74) is 1.75. The Morgan fingerprint density at radius 1 is 1.39 bits per heavy atom. The van der Waals surface area contributed by atoms with Gasteiger partial charge in [0.25, 0.3) is 0 Å². The lowest BCUT2D eigenvalue weighted by Gasteiger charge is -2.18. The number of carbonyl (C=O) groups is 1. The van der Waals surface area contributed by atoms with Crippen molar-refractivity contribution < 1.29 is 9.90 Å². The summed E-state index contributed by atoms with van der Waals surface area (Å²) in [6.45, 7) is 1.77. The van der Waals surface area contributed by atoms with Crippen molar-refractivity contribution in [3.05, 3.63) is 47.9 Å². The summed E-state index contributed by atoms with van der Waals surface area (Å²) in [7, 11) is 1.82. The van der Waals surface area contributed by atoms with Crippen molar-refractivity contribution in [2.45, 2.75) is 6.92 Å². The number of rotatable bonds is 3. The molecule has 5 nitrogen and oxygen atoms in total. The largest absolute Gasteiger partial charge is 0.478 e. The maximum atomic E-state index is 11.0. The van der Waals surface area contributed by atoms with Crippen LogP contribution in [-0.4, -0.2) is 28.1 Å². The van der Waals surface area contributed by atoms with Gasteiger partial charge in [0.15, 0.2) is 0 Å². The number of aromatic carboxylic acids is 1. The summed E-state index contributed by atoms with van der Waals surface area (Å²) >= 11 is 0. The molecule has 5 heteroatoms. The van der Waals surface area contributed by atoms with E-state index in [9.17, 15) is 4.79 Å². The first-order valence-corrected chi connectivity index (χ1v) is 5.43. The van der Waals surface area contributed by atoms with Crippen molar-refractivity contribution in [3.63, 3.8) is 0 Å². The van der Waals surface area contributed by atoms with E-state index < -0.39 is 5.97 Å². The Hall–Kier alpha value is -2.43. The number of anilines is 2. The van der Waals surface area contributed by atoms with Gasteiger partial charge in [-0.3, -0.25) is 4.98 Å². The zero-order chi connectivity index (χ0) is 13.1. The highest BCUT2D eigenvalue weighted by Gasteiger charge is 2.10. The second kappa shape index (κ2) is 4.83. The average molecular weight is 243 g/mol. The van der Waals surface area contributed by atoms with Crippen molar-refractivity contribution in [1.29, 1.82) is 0 Å². The summed E-state index contributed by atoms with van der Waals surface area (Å²) in [5.74, 6) is -0.373. The standard InChI is InChI=1S/C13H13N3O2/c1-9-6-10(13(17)18)7-12(15-9)16(2)11-4-3-5-14-8-11/h3-8H,1-2H3,(H,17,18). The molecule has 0 radical (unpaired) electrons. The first-order valence-electron chi connectivity index (χ1n) is 5.43. The van der Waals surface area contributed by atoms with Gasteiger partial charge in [-0.15, -0.1) is 0 Å². The van der Waals surface area contributed by atoms with E-state index in [0.717, 1.165) is 5.69 Å². The molecular weight excluding hydrogens is 230 g/mol. The highest BCUT2D eigenvalue weighted by molar-refractivity contribution is 5.88. The number of nitrogens with zero attached hydrogens (tertiary/aromatic N) is 3. The first kappa shape index (κ1) is 12.0. The van der Waals surface area contributed by atoms with Gasteiger partial charge < -0.3 is 10.0 Å². The predicted molar refractivity (Wildman–Crippen MR) is 68.2 cm³/mol. The molecule has 0 aliphatic heterocycles. The molecule has 2 rings (SSSR count). The SMILES string of the molecule is Cc1cc(C(=O)O)cc(N(C)c2cccnc2)n1. The fourth-order valence-corrected chi connectivity index (χ4v) is 1.63. The van der Waals surface area contributed by atoms with Gasteiger partial charge in [-0.2, -0.15) is 0 Å². The average Bonchev–Trinajstić information content (AvgIpc) is 2.38. The molecule has 1 N–H and O–H groups in total. The Labute approximate surface area is 105 Å². The van der Waals surface area contributed by atoms with Crippen LogP contribution in [0.3, 0.4) is 0 Å².